The number of likely N-dealkylation sites (N-methyl/N-ethyl adjacent to an activating group) is 1. The Balaban J connectivity index is 2.31. The van der Waals surface area contributed by atoms with E-state index in [2.05, 4.69) is 21.7 Å². The molecule has 1 aliphatic rings. The smallest absolute Gasteiger partial charge is 0.220 e. The minimum atomic E-state index is -0.0919. The quantitative estimate of drug-likeness (QED) is 0.776. The number of aromatic nitrogens is 1. The summed E-state index contributed by atoms with van der Waals surface area (Å²) in [5, 5.41) is 6.07. The van der Waals surface area contributed by atoms with Gasteiger partial charge in [0, 0.05) is 37.3 Å². The molecule has 1 aromatic rings. The van der Waals surface area contributed by atoms with Crippen LogP contribution in [0.5, 0.6) is 0 Å². The highest BCUT2D eigenvalue weighted by atomic mass is 16.1. The first-order valence-corrected chi connectivity index (χ1v) is 5.59. The van der Waals surface area contributed by atoms with Gasteiger partial charge in [-0.1, -0.05) is 6.07 Å². The van der Waals surface area contributed by atoms with Gasteiger partial charge in [-0.2, -0.15) is 0 Å². The molecule has 0 aromatic carbocycles. The molecule has 0 saturated carbocycles. The van der Waals surface area contributed by atoms with E-state index in [1.165, 1.54) is 0 Å². The van der Waals surface area contributed by atoms with Gasteiger partial charge in [0.15, 0.2) is 0 Å². The highest BCUT2D eigenvalue weighted by Gasteiger charge is 2.36. The monoisotopic (exact) mass is 219 g/mol. The maximum absolute atomic E-state index is 11.6. The average molecular weight is 219 g/mol. The van der Waals surface area contributed by atoms with E-state index >= 15 is 0 Å². The van der Waals surface area contributed by atoms with E-state index in [1.54, 1.807) is 6.20 Å². The molecule has 0 bridgehead atoms. The Labute approximate surface area is 95.5 Å². The lowest BCUT2D eigenvalue weighted by Gasteiger charge is -2.37. The Bertz CT molecular complexity index is 362. The summed E-state index contributed by atoms with van der Waals surface area (Å²) in [4.78, 5) is 15.7. The Kier molecular flexibility index (Phi) is 3.19. The molecule has 1 unspecified atom stereocenters. The number of nitrogens with zero attached hydrogens (tertiary/aromatic N) is 1. The van der Waals surface area contributed by atoms with Crippen molar-refractivity contribution in [1.29, 1.82) is 0 Å². The molecule has 1 saturated heterocycles. The van der Waals surface area contributed by atoms with Crippen LogP contribution in [0.15, 0.2) is 24.5 Å². The molecule has 86 valence electrons. The van der Waals surface area contributed by atoms with E-state index in [4.69, 9.17) is 0 Å². The normalized spacial score (nSPS) is 25.2. The third-order valence-corrected chi connectivity index (χ3v) is 3.21. The first-order chi connectivity index (χ1) is 7.77. The van der Waals surface area contributed by atoms with Crippen molar-refractivity contribution in [1.82, 2.24) is 15.6 Å². The van der Waals surface area contributed by atoms with Gasteiger partial charge < -0.3 is 10.6 Å². The van der Waals surface area contributed by atoms with Crippen LogP contribution in [-0.4, -0.2) is 31.0 Å². The molecule has 1 amide bonds. The second-order valence-electron chi connectivity index (χ2n) is 4.33. The third kappa shape index (κ3) is 2.07. The topological polar surface area (TPSA) is 54.0 Å². The van der Waals surface area contributed by atoms with Gasteiger partial charge in [0.2, 0.25) is 5.91 Å². The number of nitrogens with one attached hydrogen (secondary N) is 2. The molecule has 16 heavy (non-hydrogen) atoms. The second-order valence-corrected chi connectivity index (χ2v) is 4.33. The predicted octanol–water partition coefficient (Wildman–Crippen LogP) is 0.449. The summed E-state index contributed by atoms with van der Waals surface area (Å²) >= 11 is 0. The fraction of sp³-hybridized carbons (Fsp3) is 0.500. The van der Waals surface area contributed by atoms with Crippen molar-refractivity contribution in [2.24, 2.45) is 0 Å². The number of rotatable bonds is 3. The van der Waals surface area contributed by atoms with Crippen LogP contribution >= 0.6 is 0 Å². The molecule has 2 rings (SSSR count). The number of piperidine rings is 1. The van der Waals surface area contributed by atoms with Crippen LogP contribution in [0.3, 0.4) is 0 Å². The van der Waals surface area contributed by atoms with Crippen LogP contribution in [0.25, 0.3) is 0 Å². The zero-order valence-corrected chi connectivity index (χ0v) is 9.49. The summed E-state index contributed by atoms with van der Waals surface area (Å²) in [6, 6.07) is 3.99. The molecule has 1 aromatic heterocycles. The summed E-state index contributed by atoms with van der Waals surface area (Å²) in [7, 11) is 1.92. The first-order valence-electron chi connectivity index (χ1n) is 5.59. The summed E-state index contributed by atoms with van der Waals surface area (Å²) in [6.07, 6.45) is 5.14. The van der Waals surface area contributed by atoms with Gasteiger partial charge in [-0.05, 0) is 25.1 Å². The van der Waals surface area contributed by atoms with Crippen molar-refractivity contribution in [3.8, 4) is 0 Å². The van der Waals surface area contributed by atoms with Crippen LogP contribution in [0, 0.1) is 0 Å². The fourth-order valence-electron chi connectivity index (χ4n) is 2.41. The summed E-state index contributed by atoms with van der Waals surface area (Å²) in [6.45, 7) is 1.56. The number of pyridine rings is 1. The Morgan fingerprint density at radius 2 is 2.50 bits per heavy atom. The molecule has 4 heteroatoms. The molecule has 0 aliphatic carbocycles. The van der Waals surface area contributed by atoms with E-state index in [0.717, 1.165) is 25.1 Å². The SMILES string of the molecule is CNCC1(c2cccnc2)CCNC(=O)C1. The van der Waals surface area contributed by atoms with Crippen LogP contribution in [0.1, 0.15) is 18.4 Å². The van der Waals surface area contributed by atoms with E-state index in [1.807, 2.05) is 19.3 Å². The molecule has 2 heterocycles. The van der Waals surface area contributed by atoms with E-state index in [-0.39, 0.29) is 11.3 Å². The zero-order chi connectivity index (χ0) is 11.4. The van der Waals surface area contributed by atoms with Crippen molar-refractivity contribution in [2.45, 2.75) is 18.3 Å². The number of hydrogen-bond acceptors (Lipinski definition) is 3. The van der Waals surface area contributed by atoms with Crippen LogP contribution < -0.4 is 10.6 Å². The predicted molar refractivity (Wildman–Crippen MR) is 62.1 cm³/mol. The highest BCUT2D eigenvalue weighted by Crippen LogP contribution is 2.32. The van der Waals surface area contributed by atoms with Crippen LogP contribution in [0.4, 0.5) is 0 Å². The van der Waals surface area contributed by atoms with Crippen molar-refractivity contribution < 1.29 is 4.79 Å². The minimum Gasteiger partial charge on any atom is -0.356 e. The molecular formula is C12H17N3O. The van der Waals surface area contributed by atoms with E-state index < -0.39 is 0 Å². The fourth-order valence-corrected chi connectivity index (χ4v) is 2.41. The Morgan fingerprint density at radius 3 is 3.12 bits per heavy atom. The largest absolute Gasteiger partial charge is 0.356 e. The number of carbonyl (C=O) groups excluding carboxylic acids is 1. The molecule has 4 nitrogen and oxygen atoms in total. The molecule has 2 N–H and O–H groups in total. The molecular weight excluding hydrogens is 202 g/mol. The van der Waals surface area contributed by atoms with Gasteiger partial charge in [-0.25, -0.2) is 0 Å². The molecule has 1 atom stereocenters. The minimum absolute atomic E-state index is 0.0919. The lowest BCUT2D eigenvalue weighted by Crippen LogP contribution is -2.48. The number of amides is 1. The maximum atomic E-state index is 11.6. The number of carbonyl (C=O) groups is 1. The number of hydrogen-bond donors (Lipinski definition) is 2. The van der Waals surface area contributed by atoms with Gasteiger partial charge in [0.25, 0.3) is 0 Å². The van der Waals surface area contributed by atoms with Gasteiger partial charge in [-0.3, -0.25) is 9.78 Å². The second kappa shape index (κ2) is 4.61. The standard InChI is InChI=1S/C12H17N3O/c1-13-9-12(4-6-15-11(16)7-12)10-3-2-5-14-8-10/h2-3,5,8,13H,4,6-7,9H2,1H3,(H,15,16). The molecule has 0 spiro atoms. The van der Waals surface area contributed by atoms with Crippen molar-refractivity contribution in [3.05, 3.63) is 30.1 Å². The average Bonchev–Trinajstić information content (AvgIpc) is 2.31. The maximum Gasteiger partial charge on any atom is 0.220 e. The van der Waals surface area contributed by atoms with Gasteiger partial charge in [0.05, 0.1) is 0 Å². The third-order valence-electron chi connectivity index (χ3n) is 3.21. The van der Waals surface area contributed by atoms with E-state index in [0.29, 0.717) is 6.42 Å². The van der Waals surface area contributed by atoms with Gasteiger partial charge in [-0.15, -0.1) is 0 Å². The zero-order valence-electron chi connectivity index (χ0n) is 9.49. The first kappa shape index (κ1) is 11.1. The van der Waals surface area contributed by atoms with Gasteiger partial charge >= 0.3 is 0 Å². The van der Waals surface area contributed by atoms with Crippen LogP contribution in [0.2, 0.25) is 0 Å². The lowest BCUT2D eigenvalue weighted by atomic mass is 9.73. The van der Waals surface area contributed by atoms with Gasteiger partial charge in [0.1, 0.15) is 0 Å². The Morgan fingerprint density at radius 1 is 1.62 bits per heavy atom. The molecule has 1 aliphatic heterocycles. The van der Waals surface area contributed by atoms with E-state index in [9.17, 15) is 4.79 Å². The summed E-state index contributed by atoms with van der Waals surface area (Å²) in [5.74, 6) is 0.130. The summed E-state index contributed by atoms with van der Waals surface area (Å²) in [5.41, 5.74) is 1.06. The van der Waals surface area contributed by atoms with Crippen molar-refractivity contribution in [2.75, 3.05) is 20.1 Å². The molecule has 1 fully saturated rings. The van der Waals surface area contributed by atoms with Crippen molar-refractivity contribution in [3.63, 3.8) is 0 Å². The highest BCUT2D eigenvalue weighted by molar-refractivity contribution is 5.78. The Hall–Kier alpha value is -1.42. The molecule has 0 radical (unpaired) electrons. The van der Waals surface area contributed by atoms with Crippen molar-refractivity contribution >= 4 is 5.91 Å². The van der Waals surface area contributed by atoms with Crippen LogP contribution in [-0.2, 0) is 10.2 Å². The lowest BCUT2D eigenvalue weighted by molar-refractivity contribution is -0.124. The summed E-state index contributed by atoms with van der Waals surface area (Å²) < 4.78 is 0.